The third-order valence-corrected chi connectivity index (χ3v) is 2.98. The lowest BCUT2D eigenvalue weighted by molar-refractivity contribution is -0.137. The summed E-state index contributed by atoms with van der Waals surface area (Å²) in [7, 11) is 3.94. The zero-order chi connectivity index (χ0) is 11.4. The Morgan fingerprint density at radius 3 is 2.73 bits per heavy atom. The molecule has 0 spiro atoms. The molecule has 0 aliphatic carbocycles. The fourth-order valence-corrected chi connectivity index (χ4v) is 2.10. The van der Waals surface area contributed by atoms with E-state index in [4.69, 9.17) is 0 Å². The first-order valence-corrected chi connectivity index (χ1v) is 5.74. The smallest absolute Gasteiger partial charge is 0.239 e. The van der Waals surface area contributed by atoms with Crippen LogP contribution in [-0.2, 0) is 4.79 Å². The molecule has 1 heterocycles. The third-order valence-electron chi connectivity index (χ3n) is 2.98. The molecule has 4 nitrogen and oxygen atoms in total. The van der Waals surface area contributed by atoms with Crippen LogP contribution in [0.15, 0.2) is 0 Å². The quantitative estimate of drug-likeness (QED) is 0.725. The van der Waals surface area contributed by atoms with Crippen molar-refractivity contribution in [3.63, 3.8) is 0 Å². The molecular weight excluding hydrogens is 190 g/mol. The Kier molecular flexibility index (Phi) is 4.54. The van der Waals surface area contributed by atoms with E-state index in [0.717, 1.165) is 26.1 Å². The van der Waals surface area contributed by atoms with Crippen molar-refractivity contribution >= 4 is 5.91 Å². The molecule has 0 aromatic rings. The fourth-order valence-electron chi connectivity index (χ4n) is 2.10. The van der Waals surface area contributed by atoms with Crippen LogP contribution in [0.2, 0.25) is 0 Å². The second kappa shape index (κ2) is 5.47. The van der Waals surface area contributed by atoms with E-state index in [-0.39, 0.29) is 11.9 Å². The molecule has 1 aliphatic rings. The molecule has 15 heavy (non-hydrogen) atoms. The standard InChI is InChI=1S/C11H23N3O/c1-5-10(13(3)4)11(15)14-7-6-12-9(2)8-14/h9-10,12H,5-8H2,1-4H3/t9-,10?/m1/s1. The van der Waals surface area contributed by atoms with Gasteiger partial charge in [0.1, 0.15) is 0 Å². The molecule has 4 heteroatoms. The maximum Gasteiger partial charge on any atom is 0.239 e. The highest BCUT2D eigenvalue weighted by Gasteiger charge is 2.27. The largest absolute Gasteiger partial charge is 0.339 e. The van der Waals surface area contributed by atoms with Crippen LogP contribution in [0.1, 0.15) is 20.3 Å². The van der Waals surface area contributed by atoms with Crippen LogP contribution in [0.25, 0.3) is 0 Å². The molecule has 1 aliphatic heterocycles. The van der Waals surface area contributed by atoms with Crippen LogP contribution in [0.3, 0.4) is 0 Å². The SMILES string of the molecule is CCC(C(=O)N1CCN[C@H](C)C1)N(C)C. The number of carbonyl (C=O) groups is 1. The molecule has 1 rings (SSSR count). The molecule has 1 fully saturated rings. The van der Waals surface area contributed by atoms with E-state index >= 15 is 0 Å². The predicted octanol–water partition coefficient (Wildman–Crippen LogP) is 0.147. The van der Waals surface area contributed by atoms with Gasteiger partial charge in [-0.05, 0) is 27.4 Å². The molecule has 0 radical (unpaired) electrons. The molecule has 1 saturated heterocycles. The highest BCUT2D eigenvalue weighted by molar-refractivity contribution is 5.82. The lowest BCUT2D eigenvalue weighted by Crippen LogP contribution is -2.55. The van der Waals surface area contributed by atoms with E-state index in [2.05, 4.69) is 19.2 Å². The van der Waals surface area contributed by atoms with Crippen LogP contribution in [0, 0.1) is 0 Å². The number of carbonyl (C=O) groups excluding carboxylic acids is 1. The average molecular weight is 213 g/mol. The minimum atomic E-state index is 0.0373. The second-order valence-corrected chi connectivity index (χ2v) is 4.53. The number of piperazine rings is 1. The molecule has 0 aromatic carbocycles. The van der Waals surface area contributed by atoms with E-state index in [1.165, 1.54) is 0 Å². The zero-order valence-corrected chi connectivity index (χ0v) is 10.3. The first-order valence-electron chi connectivity index (χ1n) is 5.74. The summed E-state index contributed by atoms with van der Waals surface area (Å²) in [6, 6.07) is 0.456. The molecule has 1 unspecified atom stereocenters. The Hall–Kier alpha value is -0.610. The number of hydrogen-bond donors (Lipinski definition) is 1. The van der Waals surface area contributed by atoms with Gasteiger partial charge in [0.25, 0.3) is 0 Å². The van der Waals surface area contributed by atoms with Gasteiger partial charge in [-0.25, -0.2) is 0 Å². The van der Waals surface area contributed by atoms with Crippen molar-refractivity contribution in [1.82, 2.24) is 15.1 Å². The normalized spacial score (nSPS) is 24.3. The van der Waals surface area contributed by atoms with Crippen LogP contribution in [0.5, 0.6) is 0 Å². The maximum atomic E-state index is 12.2. The first-order chi connectivity index (χ1) is 7.06. The van der Waals surface area contributed by atoms with Gasteiger partial charge in [-0.15, -0.1) is 0 Å². The first kappa shape index (κ1) is 12.5. The lowest BCUT2D eigenvalue weighted by atomic mass is 10.1. The zero-order valence-electron chi connectivity index (χ0n) is 10.3. The van der Waals surface area contributed by atoms with E-state index in [1.54, 1.807) is 0 Å². The summed E-state index contributed by atoms with van der Waals surface area (Å²) in [6.07, 6.45) is 0.879. The Morgan fingerprint density at radius 1 is 1.60 bits per heavy atom. The van der Waals surface area contributed by atoms with Crippen LogP contribution < -0.4 is 5.32 Å². The van der Waals surface area contributed by atoms with Gasteiger partial charge in [-0.2, -0.15) is 0 Å². The Balaban J connectivity index is 2.57. The number of hydrogen-bond acceptors (Lipinski definition) is 3. The Bertz CT molecular complexity index is 218. The molecule has 1 N–H and O–H groups in total. The third kappa shape index (κ3) is 3.18. The summed E-state index contributed by atoms with van der Waals surface area (Å²) >= 11 is 0. The fraction of sp³-hybridized carbons (Fsp3) is 0.909. The molecule has 0 aromatic heterocycles. The van der Waals surface area contributed by atoms with Crippen LogP contribution in [-0.4, -0.2) is 61.5 Å². The summed E-state index contributed by atoms with van der Waals surface area (Å²) in [4.78, 5) is 16.2. The molecule has 1 amide bonds. The van der Waals surface area contributed by atoms with Crippen molar-refractivity contribution in [2.24, 2.45) is 0 Å². The number of likely N-dealkylation sites (N-methyl/N-ethyl adjacent to an activating group) is 1. The van der Waals surface area contributed by atoms with Crippen molar-refractivity contribution in [3.8, 4) is 0 Å². The second-order valence-electron chi connectivity index (χ2n) is 4.53. The van der Waals surface area contributed by atoms with Gasteiger partial charge in [0, 0.05) is 25.7 Å². The van der Waals surface area contributed by atoms with Crippen LogP contribution in [0.4, 0.5) is 0 Å². The van der Waals surface area contributed by atoms with Gasteiger partial charge in [-0.1, -0.05) is 6.92 Å². The molecule has 0 saturated carbocycles. The highest BCUT2D eigenvalue weighted by Crippen LogP contribution is 2.07. The van der Waals surface area contributed by atoms with Crippen molar-refractivity contribution in [2.45, 2.75) is 32.4 Å². The summed E-state index contributed by atoms with van der Waals surface area (Å²) in [5.41, 5.74) is 0. The Morgan fingerprint density at radius 2 is 2.27 bits per heavy atom. The summed E-state index contributed by atoms with van der Waals surface area (Å²) < 4.78 is 0. The molecule has 2 atom stereocenters. The van der Waals surface area contributed by atoms with E-state index in [1.807, 2.05) is 23.9 Å². The van der Waals surface area contributed by atoms with E-state index in [9.17, 15) is 4.79 Å². The minimum absolute atomic E-state index is 0.0373. The number of rotatable bonds is 3. The van der Waals surface area contributed by atoms with E-state index in [0.29, 0.717) is 6.04 Å². The summed E-state index contributed by atoms with van der Waals surface area (Å²) in [5.74, 6) is 0.274. The van der Waals surface area contributed by atoms with Crippen molar-refractivity contribution in [2.75, 3.05) is 33.7 Å². The predicted molar refractivity (Wildman–Crippen MR) is 61.8 cm³/mol. The van der Waals surface area contributed by atoms with Gasteiger partial charge in [-0.3, -0.25) is 9.69 Å². The lowest BCUT2D eigenvalue weighted by Gasteiger charge is -2.35. The molecule has 0 bridgehead atoms. The summed E-state index contributed by atoms with van der Waals surface area (Å²) in [5, 5.41) is 3.35. The maximum absolute atomic E-state index is 12.2. The van der Waals surface area contributed by atoms with Gasteiger partial charge in [0.15, 0.2) is 0 Å². The number of amides is 1. The molecular formula is C11H23N3O. The van der Waals surface area contributed by atoms with Crippen molar-refractivity contribution < 1.29 is 4.79 Å². The van der Waals surface area contributed by atoms with Crippen molar-refractivity contribution in [3.05, 3.63) is 0 Å². The number of nitrogens with zero attached hydrogens (tertiary/aromatic N) is 2. The summed E-state index contributed by atoms with van der Waals surface area (Å²) in [6.45, 7) is 6.78. The van der Waals surface area contributed by atoms with Gasteiger partial charge in [0.2, 0.25) is 5.91 Å². The highest BCUT2D eigenvalue weighted by atomic mass is 16.2. The van der Waals surface area contributed by atoms with Gasteiger partial charge >= 0.3 is 0 Å². The van der Waals surface area contributed by atoms with Gasteiger partial charge in [0.05, 0.1) is 6.04 Å². The van der Waals surface area contributed by atoms with Crippen molar-refractivity contribution in [1.29, 1.82) is 0 Å². The molecule has 88 valence electrons. The number of nitrogens with one attached hydrogen (secondary N) is 1. The Labute approximate surface area is 92.6 Å². The monoisotopic (exact) mass is 213 g/mol. The minimum Gasteiger partial charge on any atom is -0.339 e. The van der Waals surface area contributed by atoms with Crippen LogP contribution >= 0.6 is 0 Å². The van der Waals surface area contributed by atoms with Gasteiger partial charge < -0.3 is 10.2 Å². The van der Waals surface area contributed by atoms with E-state index < -0.39 is 0 Å². The topological polar surface area (TPSA) is 35.6 Å². The average Bonchev–Trinajstić information content (AvgIpc) is 2.18.